The Kier molecular flexibility index (Phi) is 9.05. The third-order valence-electron chi connectivity index (χ3n) is 4.95. The van der Waals surface area contributed by atoms with E-state index in [1.54, 1.807) is 0 Å². The maximum absolute atomic E-state index is 6.30. The minimum atomic E-state index is -1.18. The van der Waals surface area contributed by atoms with Gasteiger partial charge in [0.15, 0.2) is 0 Å². The van der Waals surface area contributed by atoms with Crippen LogP contribution in [0.15, 0.2) is 0 Å². The Balaban J connectivity index is 2.73. The van der Waals surface area contributed by atoms with Crippen LogP contribution in [-0.4, -0.2) is 20.4 Å². The van der Waals surface area contributed by atoms with Crippen LogP contribution in [0.4, 0.5) is 0 Å². The second-order valence-electron chi connectivity index (χ2n) is 6.53. The van der Waals surface area contributed by atoms with Gasteiger partial charge < -0.3 is 4.74 Å². The van der Waals surface area contributed by atoms with Crippen molar-refractivity contribution in [2.24, 2.45) is 0 Å². The Bertz CT molecular complexity index is 190. The Labute approximate surface area is 122 Å². The number of rotatable bonds is 10. The first kappa shape index (κ1) is 17.2. The molecule has 1 rings (SSSR count). The summed E-state index contributed by atoms with van der Waals surface area (Å²) in [4.78, 5) is 0. The van der Waals surface area contributed by atoms with E-state index in [-0.39, 0.29) is 0 Å². The third-order valence-corrected chi connectivity index (χ3v) is 10.8. The van der Waals surface area contributed by atoms with Crippen molar-refractivity contribution in [1.82, 2.24) is 0 Å². The highest BCUT2D eigenvalue weighted by atomic mass is 28.3. The van der Waals surface area contributed by atoms with Crippen LogP contribution in [0.1, 0.15) is 78.6 Å². The van der Waals surface area contributed by atoms with Crippen molar-refractivity contribution < 1.29 is 4.74 Å². The highest BCUT2D eigenvalue weighted by Gasteiger charge is 2.40. The van der Waals surface area contributed by atoms with Gasteiger partial charge in [0.25, 0.3) is 0 Å². The third kappa shape index (κ3) is 5.59. The van der Waals surface area contributed by atoms with Crippen LogP contribution in [0.5, 0.6) is 0 Å². The minimum absolute atomic E-state index is 0.700. The van der Waals surface area contributed by atoms with Gasteiger partial charge >= 0.3 is 0 Å². The molecule has 0 aromatic rings. The molecular weight excluding hydrogens is 248 g/mol. The Morgan fingerprint density at radius 1 is 0.842 bits per heavy atom. The molecule has 0 bridgehead atoms. The van der Waals surface area contributed by atoms with E-state index in [9.17, 15) is 0 Å². The van der Waals surface area contributed by atoms with E-state index < -0.39 is 8.07 Å². The molecule has 0 N–H and O–H groups in total. The van der Waals surface area contributed by atoms with Crippen LogP contribution in [0.25, 0.3) is 0 Å². The van der Waals surface area contributed by atoms with Crippen LogP contribution in [0.2, 0.25) is 18.1 Å². The van der Waals surface area contributed by atoms with Crippen LogP contribution >= 0.6 is 0 Å². The van der Waals surface area contributed by atoms with E-state index in [0.29, 0.717) is 5.73 Å². The predicted molar refractivity (Wildman–Crippen MR) is 88.5 cm³/mol. The summed E-state index contributed by atoms with van der Waals surface area (Å²) in [5, 5.41) is 0. The van der Waals surface area contributed by atoms with E-state index >= 15 is 0 Å². The molecule has 1 unspecified atom stereocenters. The molecular formula is C17H36OSi. The first-order valence-electron chi connectivity index (χ1n) is 8.90. The monoisotopic (exact) mass is 284 g/mol. The molecule has 19 heavy (non-hydrogen) atoms. The molecule has 1 saturated heterocycles. The zero-order chi connectivity index (χ0) is 14.0. The summed E-state index contributed by atoms with van der Waals surface area (Å²) >= 11 is 0. The molecule has 1 heterocycles. The molecule has 0 amide bonds. The maximum atomic E-state index is 6.30. The van der Waals surface area contributed by atoms with Crippen molar-refractivity contribution >= 4 is 8.07 Å². The lowest BCUT2D eigenvalue weighted by atomic mass is 10.2. The van der Waals surface area contributed by atoms with Crippen molar-refractivity contribution in [1.29, 1.82) is 0 Å². The summed E-state index contributed by atoms with van der Waals surface area (Å²) in [5.74, 6) is 0. The summed E-state index contributed by atoms with van der Waals surface area (Å²) in [6.45, 7) is 8.09. The smallest absolute Gasteiger partial charge is 0.0876 e. The Morgan fingerprint density at radius 3 is 1.74 bits per heavy atom. The molecule has 0 aliphatic carbocycles. The van der Waals surface area contributed by atoms with Crippen molar-refractivity contribution in [3.8, 4) is 0 Å². The summed E-state index contributed by atoms with van der Waals surface area (Å²) in [7, 11) is -1.18. The molecule has 1 atom stereocenters. The molecule has 0 spiro atoms. The van der Waals surface area contributed by atoms with Crippen LogP contribution in [0, 0.1) is 0 Å². The highest BCUT2D eigenvalue weighted by molar-refractivity contribution is 6.81. The molecule has 2 heteroatoms. The summed E-state index contributed by atoms with van der Waals surface area (Å²) in [6.07, 6.45) is 12.5. The molecule has 1 aliphatic heterocycles. The average Bonchev–Trinajstić information content (AvgIpc) is 2.48. The fourth-order valence-corrected chi connectivity index (χ4v) is 9.85. The molecule has 0 saturated carbocycles. The number of hydrogen-bond acceptors (Lipinski definition) is 1. The van der Waals surface area contributed by atoms with Gasteiger partial charge in [0, 0.05) is 12.3 Å². The quantitative estimate of drug-likeness (QED) is 0.451. The second kappa shape index (κ2) is 9.98. The molecule has 1 nitrogen and oxygen atoms in total. The van der Waals surface area contributed by atoms with Crippen LogP contribution in [-0.2, 0) is 4.74 Å². The van der Waals surface area contributed by atoms with E-state index in [2.05, 4.69) is 20.8 Å². The van der Waals surface area contributed by atoms with E-state index in [1.807, 2.05) is 0 Å². The Morgan fingerprint density at radius 2 is 1.37 bits per heavy atom. The van der Waals surface area contributed by atoms with Gasteiger partial charge in [-0.25, -0.2) is 0 Å². The first-order valence-corrected chi connectivity index (χ1v) is 11.6. The highest BCUT2D eigenvalue weighted by Crippen LogP contribution is 2.36. The summed E-state index contributed by atoms with van der Waals surface area (Å²) in [6, 6.07) is 4.61. The van der Waals surface area contributed by atoms with Crippen molar-refractivity contribution in [2.45, 2.75) is 102 Å². The SMILES string of the molecule is CCCC[Si](CCCC)(CCCC)C1CCCCO1. The van der Waals surface area contributed by atoms with E-state index in [4.69, 9.17) is 4.74 Å². The van der Waals surface area contributed by atoms with Crippen molar-refractivity contribution in [3.63, 3.8) is 0 Å². The number of unbranched alkanes of at least 4 members (excludes halogenated alkanes) is 3. The normalized spacial score (nSPS) is 20.7. The standard InChI is InChI=1S/C17H36OSi/c1-4-7-14-19(15-8-5-2,16-9-6-3)17-12-10-11-13-18-17/h17H,4-16H2,1-3H3. The molecule has 1 aliphatic rings. The van der Waals surface area contributed by atoms with E-state index in [0.717, 1.165) is 6.61 Å². The van der Waals surface area contributed by atoms with Gasteiger partial charge in [0.05, 0.1) is 8.07 Å². The van der Waals surface area contributed by atoms with Gasteiger partial charge in [-0.2, -0.15) is 0 Å². The van der Waals surface area contributed by atoms with Gasteiger partial charge in [0.1, 0.15) is 0 Å². The predicted octanol–water partition coefficient (Wildman–Crippen LogP) is 5.94. The second-order valence-corrected chi connectivity index (χ2v) is 11.4. The van der Waals surface area contributed by atoms with Gasteiger partial charge in [-0.3, -0.25) is 0 Å². The van der Waals surface area contributed by atoms with Gasteiger partial charge in [-0.05, 0) is 19.3 Å². The van der Waals surface area contributed by atoms with E-state index in [1.165, 1.54) is 75.9 Å². The Hall–Kier alpha value is 0.177. The zero-order valence-corrected chi connectivity index (χ0v) is 14.7. The lowest BCUT2D eigenvalue weighted by Crippen LogP contribution is -2.50. The topological polar surface area (TPSA) is 9.23 Å². The van der Waals surface area contributed by atoms with Crippen molar-refractivity contribution in [2.75, 3.05) is 6.61 Å². The molecule has 0 aromatic heterocycles. The number of hydrogen-bond donors (Lipinski definition) is 0. The number of ether oxygens (including phenoxy) is 1. The lowest BCUT2D eigenvalue weighted by molar-refractivity contribution is 0.0582. The molecule has 114 valence electrons. The summed E-state index contributed by atoms with van der Waals surface area (Å²) < 4.78 is 6.30. The molecule has 0 radical (unpaired) electrons. The first-order chi connectivity index (χ1) is 9.29. The minimum Gasteiger partial charge on any atom is -0.382 e. The van der Waals surface area contributed by atoms with Gasteiger partial charge in [0.2, 0.25) is 0 Å². The van der Waals surface area contributed by atoms with Crippen LogP contribution < -0.4 is 0 Å². The average molecular weight is 285 g/mol. The maximum Gasteiger partial charge on any atom is 0.0876 e. The lowest BCUT2D eigenvalue weighted by Gasteiger charge is -2.41. The largest absolute Gasteiger partial charge is 0.382 e. The van der Waals surface area contributed by atoms with Crippen molar-refractivity contribution in [3.05, 3.63) is 0 Å². The van der Waals surface area contributed by atoms with Crippen LogP contribution in [0.3, 0.4) is 0 Å². The van der Waals surface area contributed by atoms with Gasteiger partial charge in [-0.1, -0.05) is 77.4 Å². The molecule has 0 aromatic carbocycles. The zero-order valence-electron chi connectivity index (χ0n) is 13.7. The fourth-order valence-electron chi connectivity index (χ4n) is 3.67. The van der Waals surface area contributed by atoms with Gasteiger partial charge in [-0.15, -0.1) is 0 Å². The fraction of sp³-hybridized carbons (Fsp3) is 1.00. The summed E-state index contributed by atoms with van der Waals surface area (Å²) in [5.41, 5.74) is 0.700. The molecule has 1 fully saturated rings.